The Morgan fingerprint density at radius 3 is 2.14 bits per heavy atom. The van der Waals surface area contributed by atoms with Gasteiger partial charge in [0.2, 0.25) is 0 Å². The van der Waals surface area contributed by atoms with Crippen molar-refractivity contribution in [1.82, 2.24) is 10.2 Å². The van der Waals surface area contributed by atoms with Crippen molar-refractivity contribution in [3.8, 4) is 0 Å². The van der Waals surface area contributed by atoms with Crippen LogP contribution in [0.15, 0.2) is 60.7 Å². The molecule has 1 N–H and O–H groups in total. The molecule has 2 nitrogen and oxygen atoms in total. The first-order chi connectivity index (χ1) is 10.8. The van der Waals surface area contributed by atoms with E-state index in [1.54, 1.807) is 0 Å². The SMILES string of the molecule is CN1CCC(CNCc2ccccc2)(c2ccccc2)CC1. The molecule has 1 heterocycles. The van der Waals surface area contributed by atoms with E-state index in [2.05, 4.69) is 77.9 Å². The zero-order chi connectivity index (χ0) is 15.3. The summed E-state index contributed by atoms with van der Waals surface area (Å²) >= 11 is 0. The van der Waals surface area contributed by atoms with Crippen molar-refractivity contribution in [3.05, 3.63) is 71.8 Å². The Labute approximate surface area is 134 Å². The standard InChI is InChI=1S/C20H26N2/c1-22-14-12-20(13-15-22,19-10-6-3-7-11-19)17-21-16-18-8-4-2-5-9-18/h2-11,21H,12-17H2,1H3. The third-order valence-electron chi connectivity index (χ3n) is 4.97. The summed E-state index contributed by atoms with van der Waals surface area (Å²) in [4.78, 5) is 2.44. The molecule has 22 heavy (non-hydrogen) atoms. The van der Waals surface area contributed by atoms with Crippen LogP contribution in [0.4, 0.5) is 0 Å². The Bertz CT molecular complexity index is 557. The minimum absolute atomic E-state index is 0.280. The molecule has 0 atom stereocenters. The van der Waals surface area contributed by atoms with Crippen LogP contribution in [0.2, 0.25) is 0 Å². The summed E-state index contributed by atoms with van der Waals surface area (Å²) in [7, 11) is 2.23. The normalized spacial score (nSPS) is 18.2. The van der Waals surface area contributed by atoms with Gasteiger partial charge >= 0.3 is 0 Å². The lowest BCUT2D eigenvalue weighted by molar-refractivity contribution is 0.183. The maximum absolute atomic E-state index is 3.71. The Morgan fingerprint density at radius 2 is 1.50 bits per heavy atom. The molecule has 0 aromatic heterocycles. The Balaban J connectivity index is 1.69. The molecule has 1 aliphatic rings. The predicted octanol–water partition coefficient (Wildman–Crippen LogP) is 3.44. The number of hydrogen-bond acceptors (Lipinski definition) is 2. The minimum atomic E-state index is 0.280. The van der Waals surface area contributed by atoms with E-state index < -0.39 is 0 Å². The molecule has 3 rings (SSSR count). The van der Waals surface area contributed by atoms with Crippen molar-refractivity contribution in [2.45, 2.75) is 24.8 Å². The van der Waals surface area contributed by atoms with Gasteiger partial charge in [0, 0.05) is 18.5 Å². The number of nitrogens with zero attached hydrogens (tertiary/aromatic N) is 1. The highest BCUT2D eigenvalue weighted by Gasteiger charge is 2.34. The third kappa shape index (κ3) is 3.57. The van der Waals surface area contributed by atoms with Gasteiger partial charge in [-0.15, -0.1) is 0 Å². The van der Waals surface area contributed by atoms with Crippen molar-refractivity contribution < 1.29 is 0 Å². The van der Waals surface area contributed by atoms with Crippen LogP contribution < -0.4 is 5.32 Å². The molecule has 0 aliphatic carbocycles. The van der Waals surface area contributed by atoms with Crippen molar-refractivity contribution in [2.24, 2.45) is 0 Å². The summed E-state index contributed by atoms with van der Waals surface area (Å²) in [5.74, 6) is 0. The summed E-state index contributed by atoms with van der Waals surface area (Å²) in [5, 5.41) is 3.71. The van der Waals surface area contributed by atoms with Gasteiger partial charge < -0.3 is 10.2 Å². The monoisotopic (exact) mass is 294 g/mol. The van der Waals surface area contributed by atoms with Gasteiger partial charge in [0.25, 0.3) is 0 Å². The lowest BCUT2D eigenvalue weighted by Gasteiger charge is -2.41. The molecule has 0 bridgehead atoms. The third-order valence-corrected chi connectivity index (χ3v) is 4.97. The second-order valence-corrected chi connectivity index (χ2v) is 6.54. The van der Waals surface area contributed by atoms with Gasteiger partial charge in [0.05, 0.1) is 0 Å². The molecule has 0 unspecified atom stereocenters. The number of hydrogen-bond donors (Lipinski definition) is 1. The smallest absolute Gasteiger partial charge is 0.0205 e. The van der Waals surface area contributed by atoms with E-state index in [-0.39, 0.29) is 5.41 Å². The number of likely N-dealkylation sites (tertiary alicyclic amines) is 1. The highest BCUT2D eigenvalue weighted by molar-refractivity contribution is 5.27. The van der Waals surface area contributed by atoms with Gasteiger partial charge in [0.15, 0.2) is 0 Å². The molecule has 2 aromatic rings. The van der Waals surface area contributed by atoms with Crippen LogP contribution in [0.25, 0.3) is 0 Å². The average molecular weight is 294 g/mol. The minimum Gasteiger partial charge on any atom is -0.312 e. The first kappa shape index (κ1) is 15.3. The van der Waals surface area contributed by atoms with Crippen LogP contribution in [-0.4, -0.2) is 31.6 Å². The van der Waals surface area contributed by atoms with Gasteiger partial charge in [-0.1, -0.05) is 60.7 Å². The van der Waals surface area contributed by atoms with E-state index in [4.69, 9.17) is 0 Å². The number of benzene rings is 2. The summed E-state index contributed by atoms with van der Waals surface area (Å²) < 4.78 is 0. The van der Waals surface area contributed by atoms with E-state index in [9.17, 15) is 0 Å². The molecule has 116 valence electrons. The van der Waals surface area contributed by atoms with Gasteiger partial charge in [-0.25, -0.2) is 0 Å². The lowest BCUT2D eigenvalue weighted by atomic mass is 9.72. The van der Waals surface area contributed by atoms with Crippen LogP contribution in [-0.2, 0) is 12.0 Å². The first-order valence-corrected chi connectivity index (χ1v) is 8.27. The molecule has 2 aromatic carbocycles. The fourth-order valence-electron chi connectivity index (χ4n) is 3.45. The van der Waals surface area contributed by atoms with E-state index >= 15 is 0 Å². The highest BCUT2D eigenvalue weighted by atomic mass is 15.1. The van der Waals surface area contributed by atoms with Gasteiger partial charge in [-0.3, -0.25) is 0 Å². The molecule has 0 radical (unpaired) electrons. The molecule has 1 aliphatic heterocycles. The quantitative estimate of drug-likeness (QED) is 0.909. The number of nitrogens with one attached hydrogen (secondary N) is 1. The van der Waals surface area contributed by atoms with Crippen molar-refractivity contribution >= 4 is 0 Å². The van der Waals surface area contributed by atoms with Crippen molar-refractivity contribution in [3.63, 3.8) is 0 Å². The lowest BCUT2D eigenvalue weighted by Crippen LogP contribution is -2.46. The van der Waals surface area contributed by atoms with Gasteiger partial charge in [-0.05, 0) is 44.1 Å². The second kappa shape index (κ2) is 7.08. The summed E-state index contributed by atoms with van der Waals surface area (Å²) in [5.41, 5.74) is 3.13. The van der Waals surface area contributed by atoms with Crippen LogP contribution in [0.3, 0.4) is 0 Å². The van der Waals surface area contributed by atoms with Crippen molar-refractivity contribution in [2.75, 3.05) is 26.7 Å². The Kier molecular flexibility index (Phi) is 4.91. The molecule has 1 fully saturated rings. The number of piperidine rings is 1. The molecule has 0 saturated carbocycles. The van der Waals surface area contributed by atoms with Gasteiger partial charge in [-0.2, -0.15) is 0 Å². The topological polar surface area (TPSA) is 15.3 Å². The first-order valence-electron chi connectivity index (χ1n) is 8.27. The van der Waals surface area contributed by atoms with Crippen LogP contribution >= 0.6 is 0 Å². The van der Waals surface area contributed by atoms with Gasteiger partial charge in [0.1, 0.15) is 0 Å². The zero-order valence-corrected chi connectivity index (χ0v) is 13.5. The van der Waals surface area contributed by atoms with E-state index in [0.717, 1.165) is 13.1 Å². The largest absolute Gasteiger partial charge is 0.312 e. The fourth-order valence-corrected chi connectivity index (χ4v) is 3.45. The van der Waals surface area contributed by atoms with E-state index in [0.29, 0.717) is 0 Å². The summed E-state index contributed by atoms with van der Waals surface area (Å²) in [6, 6.07) is 21.7. The molecular formula is C20H26N2. The Morgan fingerprint density at radius 1 is 0.909 bits per heavy atom. The second-order valence-electron chi connectivity index (χ2n) is 6.54. The summed E-state index contributed by atoms with van der Waals surface area (Å²) in [6.07, 6.45) is 2.46. The maximum atomic E-state index is 3.71. The zero-order valence-electron chi connectivity index (χ0n) is 13.5. The number of rotatable bonds is 5. The van der Waals surface area contributed by atoms with E-state index in [1.807, 2.05) is 0 Å². The average Bonchev–Trinajstić information content (AvgIpc) is 2.59. The predicted molar refractivity (Wildman–Crippen MR) is 93.0 cm³/mol. The highest BCUT2D eigenvalue weighted by Crippen LogP contribution is 2.34. The molecule has 0 amide bonds. The molecule has 2 heteroatoms. The molecule has 1 saturated heterocycles. The molecule has 0 spiro atoms. The maximum Gasteiger partial charge on any atom is 0.0205 e. The molecular weight excluding hydrogens is 268 g/mol. The van der Waals surface area contributed by atoms with Crippen LogP contribution in [0.1, 0.15) is 24.0 Å². The fraction of sp³-hybridized carbons (Fsp3) is 0.400. The van der Waals surface area contributed by atoms with E-state index in [1.165, 1.54) is 37.1 Å². The van der Waals surface area contributed by atoms with Crippen LogP contribution in [0, 0.1) is 0 Å². The van der Waals surface area contributed by atoms with Crippen LogP contribution in [0.5, 0.6) is 0 Å². The Hall–Kier alpha value is -1.64. The van der Waals surface area contributed by atoms with Crippen molar-refractivity contribution in [1.29, 1.82) is 0 Å². The summed E-state index contributed by atoms with van der Waals surface area (Å²) in [6.45, 7) is 4.37.